The summed E-state index contributed by atoms with van der Waals surface area (Å²) in [5.74, 6) is 0.308. The summed E-state index contributed by atoms with van der Waals surface area (Å²) < 4.78 is 8.10. The first-order valence-corrected chi connectivity index (χ1v) is 12.2. The fourth-order valence-electron chi connectivity index (χ4n) is 4.78. The molecule has 180 valence electrons. The van der Waals surface area contributed by atoms with Crippen LogP contribution in [0, 0.1) is 5.92 Å². The van der Waals surface area contributed by atoms with E-state index in [0.717, 1.165) is 24.8 Å². The molecule has 7 nitrogen and oxygen atoms in total. The molecule has 0 radical (unpaired) electrons. The van der Waals surface area contributed by atoms with Crippen molar-refractivity contribution >= 4 is 16.8 Å². The third kappa shape index (κ3) is 5.47. The summed E-state index contributed by atoms with van der Waals surface area (Å²) in [6, 6.07) is 14.4. The normalized spacial score (nSPS) is 14.4. The molecule has 34 heavy (non-hydrogen) atoms. The lowest BCUT2D eigenvalue weighted by Crippen LogP contribution is -2.41. The van der Waals surface area contributed by atoms with Crippen molar-refractivity contribution < 1.29 is 9.53 Å². The Hall–Kier alpha value is -3.19. The Balaban J connectivity index is 1.58. The summed E-state index contributed by atoms with van der Waals surface area (Å²) in [7, 11) is 1.63. The number of aromatic nitrogens is 2. The van der Waals surface area contributed by atoms with Crippen LogP contribution in [0.3, 0.4) is 0 Å². The molecule has 0 unspecified atom stereocenters. The minimum absolute atomic E-state index is 0.152. The number of para-hydroxylation sites is 1. The van der Waals surface area contributed by atoms with E-state index in [-0.39, 0.29) is 23.7 Å². The predicted molar refractivity (Wildman–Crippen MR) is 133 cm³/mol. The Morgan fingerprint density at radius 1 is 1.00 bits per heavy atom. The van der Waals surface area contributed by atoms with Gasteiger partial charge < -0.3 is 10.1 Å². The van der Waals surface area contributed by atoms with Gasteiger partial charge in [-0.05, 0) is 55.0 Å². The number of hydrogen-bond donors (Lipinski definition) is 1. The Morgan fingerprint density at radius 2 is 1.74 bits per heavy atom. The van der Waals surface area contributed by atoms with Gasteiger partial charge in [0.1, 0.15) is 0 Å². The van der Waals surface area contributed by atoms with Gasteiger partial charge in [0.25, 0.3) is 11.5 Å². The minimum atomic E-state index is -0.277. The zero-order valence-corrected chi connectivity index (χ0v) is 19.8. The van der Waals surface area contributed by atoms with Gasteiger partial charge in [-0.2, -0.15) is 0 Å². The van der Waals surface area contributed by atoms with Crippen molar-refractivity contribution in [3.63, 3.8) is 0 Å². The molecule has 0 saturated heterocycles. The summed E-state index contributed by atoms with van der Waals surface area (Å²) in [6.07, 6.45) is 6.64. The van der Waals surface area contributed by atoms with Crippen LogP contribution in [0.15, 0.2) is 58.1 Å². The summed E-state index contributed by atoms with van der Waals surface area (Å²) in [4.78, 5) is 39.0. The molecule has 2 aromatic carbocycles. The lowest BCUT2D eigenvalue weighted by molar-refractivity contribution is 0.0948. The number of fused-ring (bicyclic) bond motifs is 1. The zero-order chi connectivity index (χ0) is 23.9. The van der Waals surface area contributed by atoms with Crippen LogP contribution in [-0.4, -0.2) is 35.3 Å². The molecule has 0 aliphatic heterocycles. The summed E-state index contributed by atoms with van der Waals surface area (Å²) in [6.45, 7) is 1.95. The fraction of sp³-hybridized carbons (Fsp3) is 0.444. The minimum Gasteiger partial charge on any atom is -0.385 e. The van der Waals surface area contributed by atoms with E-state index in [2.05, 4.69) is 5.32 Å². The summed E-state index contributed by atoms with van der Waals surface area (Å²) in [5, 5.41) is 3.42. The van der Waals surface area contributed by atoms with E-state index < -0.39 is 0 Å². The molecule has 1 N–H and O–H groups in total. The number of ether oxygens (including phenoxy) is 1. The lowest BCUT2D eigenvalue weighted by atomic mass is 9.89. The number of hydrogen-bond acceptors (Lipinski definition) is 4. The van der Waals surface area contributed by atoms with E-state index in [9.17, 15) is 14.4 Å². The Morgan fingerprint density at radius 3 is 2.47 bits per heavy atom. The van der Waals surface area contributed by atoms with Gasteiger partial charge in [-0.15, -0.1) is 0 Å². The summed E-state index contributed by atoms with van der Waals surface area (Å²) in [5.41, 5.74) is 1.51. The molecule has 1 heterocycles. The average molecular weight is 464 g/mol. The Bertz CT molecular complexity index is 1240. The van der Waals surface area contributed by atoms with Gasteiger partial charge in [-0.3, -0.25) is 18.7 Å². The van der Waals surface area contributed by atoms with E-state index in [1.165, 1.54) is 23.8 Å². The molecule has 1 aromatic heterocycles. The number of amides is 1. The van der Waals surface area contributed by atoms with Crippen molar-refractivity contribution in [2.75, 3.05) is 20.3 Å². The number of rotatable bonds is 9. The highest BCUT2D eigenvalue weighted by Crippen LogP contribution is 2.25. The van der Waals surface area contributed by atoms with E-state index in [0.29, 0.717) is 42.1 Å². The van der Waals surface area contributed by atoms with Crippen molar-refractivity contribution in [3.8, 4) is 0 Å². The maximum absolute atomic E-state index is 13.5. The quantitative estimate of drug-likeness (QED) is 0.492. The van der Waals surface area contributed by atoms with E-state index >= 15 is 0 Å². The van der Waals surface area contributed by atoms with Crippen LogP contribution in [0.1, 0.15) is 54.4 Å². The fourth-order valence-corrected chi connectivity index (χ4v) is 4.78. The van der Waals surface area contributed by atoms with Crippen LogP contribution in [0.5, 0.6) is 0 Å². The van der Waals surface area contributed by atoms with Crippen molar-refractivity contribution in [1.82, 2.24) is 14.5 Å². The molecule has 1 aliphatic rings. The van der Waals surface area contributed by atoms with Crippen LogP contribution >= 0.6 is 0 Å². The first kappa shape index (κ1) is 24.0. The number of benzene rings is 2. The molecule has 1 saturated carbocycles. The second-order valence-corrected chi connectivity index (χ2v) is 9.10. The smallest absolute Gasteiger partial charge is 0.331 e. The molecular weight excluding hydrogens is 430 g/mol. The third-order valence-electron chi connectivity index (χ3n) is 6.67. The van der Waals surface area contributed by atoms with Crippen LogP contribution in [0.25, 0.3) is 10.9 Å². The number of carbonyl (C=O) groups is 1. The van der Waals surface area contributed by atoms with Gasteiger partial charge in [-0.1, -0.05) is 43.5 Å². The van der Waals surface area contributed by atoms with Crippen LogP contribution in [-0.2, 0) is 17.8 Å². The molecule has 3 aromatic rings. The SMILES string of the molecule is COCCCNC(=O)c1ccc(Cn2c(=O)c3ccccc3n(CC3CCCCC3)c2=O)cc1. The average Bonchev–Trinajstić information content (AvgIpc) is 2.88. The van der Waals surface area contributed by atoms with Crippen LogP contribution in [0.4, 0.5) is 0 Å². The molecule has 0 spiro atoms. The zero-order valence-electron chi connectivity index (χ0n) is 19.8. The second-order valence-electron chi connectivity index (χ2n) is 9.10. The van der Waals surface area contributed by atoms with Crippen molar-refractivity contribution in [2.45, 2.75) is 51.6 Å². The Kier molecular flexibility index (Phi) is 7.95. The van der Waals surface area contributed by atoms with Gasteiger partial charge >= 0.3 is 5.69 Å². The molecule has 1 aliphatic carbocycles. The molecule has 4 rings (SSSR count). The van der Waals surface area contributed by atoms with E-state index in [1.807, 2.05) is 18.2 Å². The second kappa shape index (κ2) is 11.3. The number of nitrogens with one attached hydrogen (secondary N) is 1. The maximum atomic E-state index is 13.5. The number of methoxy groups -OCH3 is 1. The first-order valence-electron chi connectivity index (χ1n) is 12.2. The monoisotopic (exact) mass is 463 g/mol. The highest BCUT2D eigenvalue weighted by atomic mass is 16.5. The molecule has 7 heteroatoms. The van der Waals surface area contributed by atoms with Gasteiger partial charge in [0.05, 0.1) is 17.4 Å². The predicted octanol–water partition coefficient (Wildman–Crippen LogP) is 3.56. The van der Waals surface area contributed by atoms with Crippen LogP contribution < -0.4 is 16.6 Å². The molecular formula is C27H33N3O4. The standard InChI is InChI=1S/C27H33N3O4/c1-34-17-7-16-28-25(31)22-14-12-21(13-15-22)19-30-26(32)23-10-5-6-11-24(23)29(27(30)33)18-20-8-3-2-4-9-20/h5-6,10-15,20H,2-4,7-9,16-19H2,1H3,(H,28,31). The largest absolute Gasteiger partial charge is 0.385 e. The first-order chi connectivity index (χ1) is 16.6. The van der Waals surface area contributed by atoms with Gasteiger partial charge in [-0.25, -0.2) is 4.79 Å². The topological polar surface area (TPSA) is 82.3 Å². The molecule has 1 amide bonds. The highest BCUT2D eigenvalue weighted by Gasteiger charge is 2.19. The lowest BCUT2D eigenvalue weighted by Gasteiger charge is -2.23. The molecule has 1 fully saturated rings. The van der Waals surface area contributed by atoms with Gasteiger partial charge in [0.15, 0.2) is 0 Å². The molecule has 0 bridgehead atoms. The number of nitrogens with zero attached hydrogens (tertiary/aromatic N) is 2. The third-order valence-corrected chi connectivity index (χ3v) is 6.67. The van der Waals surface area contributed by atoms with Crippen molar-refractivity contribution in [2.24, 2.45) is 5.92 Å². The van der Waals surface area contributed by atoms with Crippen molar-refractivity contribution in [1.29, 1.82) is 0 Å². The molecule has 0 atom stereocenters. The van der Waals surface area contributed by atoms with Crippen LogP contribution in [0.2, 0.25) is 0 Å². The highest BCUT2D eigenvalue weighted by molar-refractivity contribution is 5.94. The Labute approximate surface area is 199 Å². The maximum Gasteiger partial charge on any atom is 0.331 e. The van der Waals surface area contributed by atoms with Gasteiger partial charge in [0, 0.05) is 32.4 Å². The van der Waals surface area contributed by atoms with E-state index in [1.54, 1.807) is 42.0 Å². The van der Waals surface area contributed by atoms with E-state index in [4.69, 9.17) is 4.74 Å². The number of carbonyl (C=O) groups excluding carboxylic acids is 1. The van der Waals surface area contributed by atoms with Crippen molar-refractivity contribution in [3.05, 3.63) is 80.5 Å². The van der Waals surface area contributed by atoms with Gasteiger partial charge in [0.2, 0.25) is 0 Å². The summed E-state index contributed by atoms with van der Waals surface area (Å²) >= 11 is 0.